The minimum atomic E-state index is -0.563. The summed E-state index contributed by atoms with van der Waals surface area (Å²) < 4.78 is 5.31. The molecule has 2 aromatic rings. The summed E-state index contributed by atoms with van der Waals surface area (Å²) in [6.45, 7) is 8.71. The lowest BCUT2D eigenvalue weighted by atomic mass is 9.77. The molecule has 1 unspecified atom stereocenters. The van der Waals surface area contributed by atoms with Crippen LogP contribution in [-0.4, -0.2) is 11.9 Å². The SMILES string of the molecule is CCCCC(CC(C)(C)CCCC)C(=O)OC(=O)c1ccc(-c2ccccc2)cc1. The van der Waals surface area contributed by atoms with E-state index in [1.165, 1.54) is 0 Å². The fourth-order valence-corrected chi connectivity index (χ4v) is 3.84. The molecule has 0 fully saturated rings. The van der Waals surface area contributed by atoms with E-state index in [1.54, 1.807) is 12.1 Å². The van der Waals surface area contributed by atoms with Crippen LogP contribution in [0.15, 0.2) is 54.6 Å². The van der Waals surface area contributed by atoms with Crippen LogP contribution in [0, 0.1) is 11.3 Å². The summed E-state index contributed by atoms with van der Waals surface area (Å²) in [6, 6.07) is 17.2. The van der Waals surface area contributed by atoms with Crippen molar-refractivity contribution in [3.63, 3.8) is 0 Å². The van der Waals surface area contributed by atoms with E-state index >= 15 is 0 Å². The molecule has 0 aromatic heterocycles. The highest BCUT2D eigenvalue weighted by Gasteiger charge is 2.30. The highest BCUT2D eigenvalue weighted by molar-refractivity contribution is 5.97. The van der Waals surface area contributed by atoms with Crippen LogP contribution in [0.5, 0.6) is 0 Å². The molecule has 0 heterocycles. The van der Waals surface area contributed by atoms with Crippen LogP contribution in [0.1, 0.15) is 83.0 Å². The van der Waals surface area contributed by atoms with Gasteiger partial charge >= 0.3 is 11.9 Å². The maximum Gasteiger partial charge on any atom is 0.345 e. The molecule has 0 N–H and O–H groups in total. The van der Waals surface area contributed by atoms with Crippen molar-refractivity contribution in [2.75, 3.05) is 0 Å². The Kier molecular flexibility index (Phi) is 9.29. The fourth-order valence-electron chi connectivity index (χ4n) is 3.84. The maximum atomic E-state index is 12.8. The van der Waals surface area contributed by atoms with Crippen molar-refractivity contribution in [1.82, 2.24) is 0 Å². The van der Waals surface area contributed by atoms with Crippen molar-refractivity contribution in [1.29, 1.82) is 0 Å². The Hall–Kier alpha value is -2.42. The number of esters is 2. The average Bonchev–Trinajstić information content (AvgIpc) is 2.75. The van der Waals surface area contributed by atoms with Crippen molar-refractivity contribution >= 4 is 11.9 Å². The predicted octanol–water partition coefficient (Wildman–Crippen LogP) is 7.45. The van der Waals surface area contributed by atoms with Gasteiger partial charge in [0.1, 0.15) is 0 Å². The van der Waals surface area contributed by atoms with E-state index in [0.29, 0.717) is 5.56 Å². The van der Waals surface area contributed by atoms with Gasteiger partial charge in [-0.2, -0.15) is 0 Å². The lowest BCUT2D eigenvalue weighted by Gasteiger charge is -2.28. The predicted molar refractivity (Wildman–Crippen MR) is 123 cm³/mol. The summed E-state index contributed by atoms with van der Waals surface area (Å²) in [5.41, 5.74) is 2.58. The van der Waals surface area contributed by atoms with Crippen LogP contribution in [0.25, 0.3) is 11.1 Å². The molecule has 3 nitrogen and oxygen atoms in total. The number of carbonyl (C=O) groups excluding carboxylic acids is 2. The molecular weight excluding hydrogens is 372 g/mol. The first-order chi connectivity index (χ1) is 14.4. The van der Waals surface area contributed by atoms with Gasteiger partial charge in [-0.25, -0.2) is 4.79 Å². The number of unbranched alkanes of at least 4 members (excludes halogenated alkanes) is 2. The van der Waals surface area contributed by atoms with Crippen molar-refractivity contribution in [3.8, 4) is 11.1 Å². The number of benzene rings is 2. The molecule has 30 heavy (non-hydrogen) atoms. The van der Waals surface area contributed by atoms with Gasteiger partial charge in [-0.15, -0.1) is 0 Å². The third kappa shape index (κ3) is 7.44. The second-order valence-electron chi connectivity index (χ2n) is 8.96. The zero-order valence-corrected chi connectivity index (χ0v) is 18.9. The molecule has 0 aliphatic carbocycles. The third-order valence-electron chi connectivity index (χ3n) is 5.67. The van der Waals surface area contributed by atoms with Gasteiger partial charge in [0.2, 0.25) is 0 Å². The Morgan fingerprint density at radius 1 is 0.867 bits per heavy atom. The highest BCUT2D eigenvalue weighted by Crippen LogP contribution is 2.34. The van der Waals surface area contributed by atoms with Gasteiger partial charge < -0.3 is 4.74 Å². The van der Waals surface area contributed by atoms with Gasteiger partial charge in [-0.3, -0.25) is 4.79 Å². The van der Waals surface area contributed by atoms with E-state index < -0.39 is 5.97 Å². The number of rotatable bonds is 11. The molecule has 1 atom stereocenters. The Balaban J connectivity index is 2.03. The zero-order valence-electron chi connectivity index (χ0n) is 18.9. The van der Waals surface area contributed by atoms with Crippen molar-refractivity contribution in [2.24, 2.45) is 11.3 Å². The molecule has 0 bridgehead atoms. The highest BCUT2D eigenvalue weighted by atomic mass is 16.6. The number of ether oxygens (including phenoxy) is 1. The molecule has 162 valence electrons. The Morgan fingerprint density at radius 3 is 2.07 bits per heavy atom. The van der Waals surface area contributed by atoms with Crippen LogP contribution in [0.3, 0.4) is 0 Å². The van der Waals surface area contributed by atoms with Crippen LogP contribution in [-0.2, 0) is 9.53 Å². The topological polar surface area (TPSA) is 43.4 Å². The number of hydrogen-bond acceptors (Lipinski definition) is 3. The second-order valence-corrected chi connectivity index (χ2v) is 8.96. The van der Waals surface area contributed by atoms with E-state index in [-0.39, 0.29) is 17.3 Å². The lowest BCUT2D eigenvalue weighted by molar-refractivity contribution is -0.144. The molecule has 0 saturated heterocycles. The van der Waals surface area contributed by atoms with Gasteiger partial charge in [0.05, 0.1) is 11.5 Å². The molecule has 0 saturated carbocycles. The first-order valence-corrected chi connectivity index (χ1v) is 11.3. The van der Waals surface area contributed by atoms with Crippen LogP contribution < -0.4 is 0 Å². The average molecular weight is 409 g/mol. The van der Waals surface area contributed by atoms with Gasteiger partial charge in [-0.1, -0.05) is 95.8 Å². The van der Waals surface area contributed by atoms with E-state index in [9.17, 15) is 9.59 Å². The standard InChI is InChI=1S/C27H36O3/c1-5-7-12-24(20-27(3,4)19-8-6-2)26(29)30-25(28)23-17-15-22(16-18-23)21-13-10-9-11-14-21/h9-11,13-18,24H,5-8,12,19-20H2,1-4H3. The summed E-state index contributed by atoms with van der Waals surface area (Å²) in [4.78, 5) is 25.4. The van der Waals surface area contributed by atoms with Gasteiger partial charge in [0, 0.05) is 0 Å². The normalized spacial score (nSPS) is 12.4. The maximum absolute atomic E-state index is 12.8. The Morgan fingerprint density at radius 2 is 1.47 bits per heavy atom. The smallest absolute Gasteiger partial charge is 0.345 e. The molecule has 3 heteroatoms. The van der Waals surface area contributed by atoms with Gasteiger partial charge in [0.15, 0.2) is 0 Å². The zero-order chi connectivity index (χ0) is 22.0. The first kappa shape index (κ1) is 23.9. The van der Waals surface area contributed by atoms with Gasteiger partial charge in [0.25, 0.3) is 0 Å². The third-order valence-corrected chi connectivity index (χ3v) is 5.67. The first-order valence-electron chi connectivity index (χ1n) is 11.3. The molecule has 0 spiro atoms. The monoisotopic (exact) mass is 408 g/mol. The number of hydrogen-bond donors (Lipinski definition) is 0. The molecule has 0 amide bonds. The van der Waals surface area contributed by atoms with E-state index in [0.717, 1.165) is 56.1 Å². The van der Waals surface area contributed by atoms with E-state index in [4.69, 9.17) is 4.74 Å². The van der Waals surface area contributed by atoms with Gasteiger partial charge in [-0.05, 0) is 47.9 Å². The van der Waals surface area contributed by atoms with Crippen molar-refractivity contribution < 1.29 is 14.3 Å². The molecule has 2 aromatic carbocycles. The second kappa shape index (κ2) is 11.7. The van der Waals surface area contributed by atoms with Crippen LogP contribution in [0.4, 0.5) is 0 Å². The Bertz CT molecular complexity index is 791. The minimum Gasteiger partial charge on any atom is -0.389 e. The molecule has 0 aliphatic heterocycles. The van der Waals surface area contributed by atoms with Crippen LogP contribution >= 0.6 is 0 Å². The quantitative estimate of drug-likeness (QED) is 0.286. The lowest BCUT2D eigenvalue weighted by Crippen LogP contribution is -2.27. The molecule has 2 rings (SSSR count). The molecule has 0 aliphatic rings. The van der Waals surface area contributed by atoms with Crippen LogP contribution in [0.2, 0.25) is 0 Å². The van der Waals surface area contributed by atoms with E-state index in [1.807, 2.05) is 42.5 Å². The summed E-state index contributed by atoms with van der Waals surface area (Å²) >= 11 is 0. The molecule has 0 radical (unpaired) electrons. The molecular formula is C27H36O3. The largest absolute Gasteiger partial charge is 0.389 e. The number of carbonyl (C=O) groups is 2. The summed E-state index contributed by atoms with van der Waals surface area (Å²) in [5.74, 6) is -1.18. The summed E-state index contributed by atoms with van der Waals surface area (Å²) in [5, 5.41) is 0. The van der Waals surface area contributed by atoms with E-state index in [2.05, 4.69) is 27.7 Å². The Labute approximate surface area is 181 Å². The fraction of sp³-hybridized carbons (Fsp3) is 0.481. The summed E-state index contributed by atoms with van der Waals surface area (Å²) in [6.07, 6.45) is 6.88. The minimum absolute atomic E-state index is 0.0633. The van der Waals surface area contributed by atoms with Crippen molar-refractivity contribution in [3.05, 3.63) is 60.2 Å². The summed E-state index contributed by atoms with van der Waals surface area (Å²) in [7, 11) is 0. The van der Waals surface area contributed by atoms with Crippen molar-refractivity contribution in [2.45, 2.75) is 72.6 Å².